The molecule has 1 aliphatic heterocycles. The highest BCUT2D eigenvalue weighted by atomic mass is 19.1. The molecule has 2 aliphatic rings. The van der Waals surface area contributed by atoms with Crippen molar-refractivity contribution in [1.82, 2.24) is 43.9 Å². The van der Waals surface area contributed by atoms with E-state index in [1.165, 1.54) is 14.7 Å². The summed E-state index contributed by atoms with van der Waals surface area (Å²) in [6.07, 6.45) is 3.10. The Labute approximate surface area is 312 Å². The minimum atomic E-state index is -0.664. The second-order valence-electron chi connectivity index (χ2n) is 14.7. The minimum absolute atomic E-state index is 0.0236. The summed E-state index contributed by atoms with van der Waals surface area (Å²) in [5.74, 6) is -0.804. The number of aryl methyl sites for hydroxylation is 2. The van der Waals surface area contributed by atoms with Crippen LogP contribution in [0.1, 0.15) is 53.5 Å². The summed E-state index contributed by atoms with van der Waals surface area (Å²) < 4.78 is 18.8. The zero-order valence-corrected chi connectivity index (χ0v) is 31.2. The maximum atomic E-state index is 14.6. The van der Waals surface area contributed by atoms with Crippen molar-refractivity contribution in [3.05, 3.63) is 110 Å². The molecule has 1 N–H and O–H groups in total. The molecule has 2 fully saturated rings. The van der Waals surface area contributed by atoms with Gasteiger partial charge in [0.15, 0.2) is 5.65 Å². The largest absolute Gasteiger partial charge is 0.348 e. The van der Waals surface area contributed by atoms with Crippen molar-refractivity contribution in [2.45, 2.75) is 51.2 Å². The molecular weight excluding hydrogens is 689 g/mol. The van der Waals surface area contributed by atoms with Gasteiger partial charge in [0.25, 0.3) is 11.5 Å². The van der Waals surface area contributed by atoms with Crippen LogP contribution in [0.15, 0.2) is 76.4 Å². The van der Waals surface area contributed by atoms with Gasteiger partial charge in [-0.1, -0.05) is 36.4 Å². The number of carbonyl (C=O) groups is 2. The molecule has 0 radical (unpaired) electrons. The smallest absolute Gasteiger partial charge is 0.337 e. The van der Waals surface area contributed by atoms with E-state index in [1.807, 2.05) is 25.1 Å². The minimum Gasteiger partial charge on any atom is -0.348 e. The zero-order valence-electron chi connectivity index (χ0n) is 31.2. The Kier molecular flexibility index (Phi) is 10.6. The van der Waals surface area contributed by atoms with Crippen molar-refractivity contribution in [3.8, 4) is 16.8 Å². The number of benzene rings is 2. The van der Waals surface area contributed by atoms with Gasteiger partial charge in [0.2, 0.25) is 5.91 Å². The third-order valence-corrected chi connectivity index (χ3v) is 10.8. The lowest BCUT2D eigenvalue weighted by molar-refractivity contribution is -0.130. The lowest BCUT2D eigenvalue weighted by atomic mass is 9.90. The molecule has 54 heavy (non-hydrogen) atoms. The van der Waals surface area contributed by atoms with Crippen LogP contribution in [-0.2, 0) is 18.4 Å². The summed E-state index contributed by atoms with van der Waals surface area (Å²) in [4.78, 5) is 63.6. The van der Waals surface area contributed by atoms with E-state index in [4.69, 9.17) is 0 Å². The van der Waals surface area contributed by atoms with E-state index in [0.29, 0.717) is 43.6 Å². The quantitative estimate of drug-likeness (QED) is 0.244. The molecule has 13 nitrogen and oxygen atoms in total. The van der Waals surface area contributed by atoms with Crippen molar-refractivity contribution >= 4 is 22.8 Å². The van der Waals surface area contributed by atoms with Crippen LogP contribution in [0.4, 0.5) is 4.39 Å². The van der Waals surface area contributed by atoms with Gasteiger partial charge in [0.1, 0.15) is 11.5 Å². The van der Waals surface area contributed by atoms with E-state index < -0.39 is 23.1 Å². The summed E-state index contributed by atoms with van der Waals surface area (Å²) in [7, 11) is 5.35. The number of hydrogen-bond acceptors (Lipinski definition) is 8. The summed E-state index contributed by atoms with van der Waals surface area (Å²) >= 11 is 0. The number of nitrogens with zero attached hydrogens (tertiary/aromatic N) is 8. The molecule has 0 bridgehead atoms. The first-order chi connectivity index (χ1) is 25.9. The number of nitrogens with one attached hydrogen (secondary N) is 1. The highest BCUT2D eigenvalue weighted by Gasteiger charge is 2.29. The highest BCUT2D eigenvalue weighted by molar-refractivity contribution is 5.92. The first-order valence-electron chi connectivity index (χ1n) is 18.4. The van der Waals surface area contributed by atoms with Crippen LogP contribution in [0, 0.1) is 12.7 Å². The Hall–Kier alpha value is -5.47. The van der Waals surface area contributed by atoms with Gasteiger partial charge in [0, 0.05) is 71.6 Å². The van der Waals surface area contributed by atoms with E-state index in [9.17, 15) is 23.6 Å². The van der Waals surface area contributed by atoms with Gasteiger partial charge >= 0.3 is 5.69 Å². The molecule has 1 aliphatic carbocycles. The Morgan fingerprint density at radius 3 is 2.28 bits per heavy atom. The SMILES string of the molecule is Cc1cc(C(=O)NC2CCC(n3c(=O)c4cc(F)cnc4n(-c4cccc(-c5ccc(CN6CCN(CC(=O)N(C)C)CC6)cc5)c4)c3=O)CC2)nn1C. The number of amides is 2. The number of piperazine rings is 1. The van der Waals surface area contributed by atoms with Gasteiger partial charge in [-0.2, -0.15) is 5.10 Å². The monoisotopic (exact) mass is 735 g/mol. The first kappa shape index (κ1) is 36.9. The van der Waals surface area contributed by atoms with Gasteiger partial charge in [0.05, 0.1) is 23.8 Å². The lowest BCUT2D eigenvalue weighted by Crippen LogP contribution is -2.48. The Morgan fingerprint density at radius 2 is 1.61 bits per heavy atom. The summed E-state index contributed by atoms with van der Waals surface area (Å²) in [6, 6.07) is 18.1. The number of hydrogen-bond donors (Lipinski definition) is 1. The summed E-state index contributed by atoms with van der Waals surface area (Å²) in [6.45, 7) is 6.59. The Balaban J connectivity index is 1.09. The standard InChI is InChI=1S/C40H46FN9O4/c1-26-20-35(44-46(26)4)38(52)43-31-12-14-32(15-13-31)50-39(53)34-22-30(41)23-42-37(34)49(40(50)54)33-7-5-6-29(21-33)28-10-8-27(9-11-28)24-47-16-18-48(19-17-47)25-36(51)45(2)3/h5-11,20-23,31-32H,12-19,24-25H2,1-4H3,(H,43,52). The van der Waals surface area contributed by atoms with Crippen LogP contribution < -0.4 is 16.6 Å². The molecule has 2 amide bonds. The maximum Gasteiger partial charge on any atom is 0.337 e. The molecule has 0 unspecified atom stereocenters. The number of pyridine rings is 1. The lowest BCUT2D eigenvalue weighted by Gasteiger charge is -2.34. The van der Waals surface area contributed by atoms with Crippen LogP contribution in [-0.4, -0.2) is 103 Å². The van der Waals surface area contributed by atoms with Gasteiger partial charge in [-0.15, -0.1) is 0 Å². The van der Waals surface area contributed by atoms with Gasteiger partial charge in [-0.25, -0.2) is 18.7 Å². The maximum absolute atomic E-state index is 14.6. The number of rotatable bonds is 9. The third-order valence-electron chi connectivity index (χ3n) is 10.8. The van der Waals surface area contributed by atoms with E-state index in [0.717, 1.165) is 61.8 Å². The second kappa shape index (κ2) is 15.5. The molecule has 0 spiro atoms. The van der Waals surface area contributed by atoms with Crippen molar-refractivity contribution in [3.63, 3.8) is 0 Å². The Morgan fingerprint density at radius 1 is 0.907 bits per heavy atom. The number of likely N-dealkylation sites (N-methyl/N-ethyl adjacent to an activating group) is 1. The van der Waals surface area contributed by atoms with Crippen molar-refractivity contribution in [2.24, 2.45) is 7.05 Å². The van der Waals surface area contributed by atoms with Crippen LogP contribution in [0.2, 0.25) is 0 Å². The molecule has 7 rings (SSSR count). The highest BCUT2D eigenvalue weighted by Crippen LogP contribution is 2.29. The van der Waals surface area contributed by atoms with Gasteiger partial charge in [-0.05, 0) is 73.6 Å². The fraction of sp³-hybridized carbons (Fsp3) is 0.400. The molecule has 2 aromatic carbocycles. The predicted molar refractivity (Wildman–Crippen MR) is 204 cm³/mol. The fourth-order valence-electron chi connectivity index (χ4n) is 7.47. The third kappa shape index (κ3) is 7.75. The van der Waals surface area contributed by atoms with Crippen molar-refractivity contribution < 1.29 is 14.0 Å². The van der Waals surface area contributed by atoms with Crippen LogP contribution in [0.5, 0.6) is 0 Å². The van der Waals surface area contributed by atoms with Crippen LogP contribution in [0.25, 0.3) is 27.8 Å². The average Bonchev–Trinajstić information content (AvgIpc) is 3.51. The van der Waals surface area contributed by atoms with Gasteiger partial charge < -0.3 is 10.2 Å². The summed E-state index contributed by atoms with van der Waals surface area (Å²) in [5.41, 5.74) is 3.71. The topological polar surface area (TPSA) is 131 Å². The second-order valence-corrected chi connectivity index (χ2v) is 14.7. The predicted octanol–water partition coefficient (Wildman–Crippen LogP) is 3.51. The zero-order chi connectivity index (χ0) is 38.1. The van der Waals surface area contributed by atoms with Crippen molar-refractivity contribution in [2.75, 3.05) is 46.8 Å². The molecule has 5 aromatic rings. The first-order valence-corrected chi connectivity index (χ1v) is 18.4. The van der Waals surface area contributed by atoms with Crippen LogP contribution >= 0.6 is 0 Å². The number of carbonyl (C=O) groups excluding carboxylic acids is 2. The fourth-order valence-corrected chi connectivity index (χ4v) is 7.47. The van der Waals surface area contributed by atoms with Crippen LogP contribution in [0.3, 0.4) is 0 Å². The molecule has 4 heterocycles. The molecule has 1 saturated heterocycles. The molecule has 14 heteroatoms. The van der Waals surface area contributed by atoms with E-state index in [2.05, 4.69) is 49.5 Å². The Bertz CT molecular complexity index is 2280. The van der Waals surface area contributed by atoms with E-state index in [1.54, 1.807) is 42.9 Å². The number of fused-ring (bicyclic) bond motifs is 1. The van der Waals surface area contributed by atoms with Gasteiger partial charge in [-0.3, -0.25) is 33.4 Å². The molecule has 282 valence electrons. The number of halogens is 1. The van der Waals surface area contributed by atoms with E-state index >= 15 is 0 Å². The average molecular weight is 736 g/mol. The van der Waals surface area contributed by atoms with E-state index in [-0.39, 0.29) is 28.9 Å². The molecular formula is C40H46FN9O4. The van der Waals surface area contributed by atoms with Crippen molar-refractivity contribution in [1.29, 1.82) is 0 Å². The molecule has 1 saturated carbocycles. The molecule has 3 aromatic heterocycles. The number of aromatic nitrogens is 5. The molecule has 0 atom stereocenters. The normalized spacial score (nSPS) is 18.2. The summed E-state index contributed by atoms with van der Waals surface area (Å²) in [5, 5.41) is 7.34.